The number of likely N-dealkylation sites (N-methyl/N-ethyl adjacent to an activating group) is 1. The fourth-order valence-electron chi connectivity index (χ4n) is 4.58. The van der Waals surface area contributed by atoms with Crippen molar-refractivity contribution in [1.82, 2.24) is 4.90 Å². The molecule has 4 aromatic rings. The molecule has 1 aliphatic heterocycles. The van der Waals surface area contributed by atoms with Crippen LogP contribution in [0.1, 0.15) is 13.3 Å². The smallest absolute Gasteiger partial charge is 0.227 e. The van der Waals surface area contributed by atoms with E-state index in [4.69, 9.17) is 9.47 Å². The van der Waals surface area contributed by atoms with Crippen LogP contribution >= 0.6 is 0 Å². The molecular formula is C24H25NO3. The molecule has 0 saturated carbocycles. The molecule has 28 heavy (non-hydrogen) atoms. The number of hydrogen-bond donors (Lipinski definition) is 1. The number of benzene rings is 4. The summed E-state index contributed by atoms with van der Waals surface area (Å²) in [5.41, 5.74) is 0. The summed E-state index contributed by atoms with van der Waals surface area (Å²) < 4.78 is 12.3. The third kappa shape index (κ3) is 2.72. The second-order valence-corrected chi connectivity index (χ2v) is 8.11. The largest absolute Gasteiger partial charge is 0.461 e. The highest BCUT2D eigenvalue weighted by Crippen LogP contribution is 2.39. The van der Waals surface area contributed by atoms with Crippen molar-refractivity contribution in [3.05, 3.63) is 54.6 Å². The van der Waals surface area contributed by atoms with Gasteiger partial charge in [0.05, 0.1) is 6.10 Å². The Bertz CT molecular complexity index is 1120. The summed E-state index contributed by atoms with van der Waals surface area (Å²) in [5.74, 6) is 0.751. The van der Waals surface area contributed by atoms with Crippen molar-refractivity contribution in [1.29, 1.82) is 0 Å². The number of aliphatic hydroxyl groups is 1. The summed E-state index contributed by atoms with van der Waals surface area (Å²) in [6.07, 6.45) is -0.577. The zero-order valence-corrected chi connectivity index (χ0v) is 16.4. The lowest BCUT2D eigenvalue weighted by Crippen LogP contribution is -2.55. The van der Waals surface area contributed by atoms with E-state index in [1.807, 2.05) is 32.0 Å². The maximum Gasteiger partial charge on any atom is 0.227 e. The molecule has 1 saturated heterocycles. The second kappa shape index (κ2) is 6.59. The predicted molar refractivity (Wildman–Crippen MR) is 113 cm³/mol. The minimum atomic E-state index is -0.704. The highest BCUT2D eigenvalue weighted by molar-refractivity contribution is 6.24. The highest BCUT2D eigenvalue weighted by atomic mass is 16.7. The van der Waals surface area contributed by atoms with Gasteiger partial charge in [-0.2, -0.15) is 0 Å². The molecule has 1 heterocycles. The van der Waals surface area contributed by atoms with Gasteiger partial charge in [0.25, 0.3) is 0 Å². The Hall–Kier alpha value is -2.40. The van der Waals surface area contributed by atoms with E-state index in [1.165, 1.54) is 26.9 Å². The number of aliphatic hydroxyl groups excluding tert-OH is 1. The predicted octanol–water partition coefficient (Wildman–Crippen LogP) is 4.39. The van der Waals surface area contributed by atoms with Crippen molar-refractivity contribution in [2.75, 3.05) is 14.1 Å². The molecule has 144 valence electrons. The van der Waals surface area contributed by atoms with Gasteiger partial charge in [-0.1, -0.05) is 42.5 Å². The number of ether oxygens (including phenoxy) is 2. The molecule has 4 aromatic carbocycles. The SMILES string of the molecule is CC1CC(N(C)C)C(O)C(Oc2ccc3ccc4cccc5ccc2c3c45)O1. The Morgan fingerprint density at radius 1 is 0.929 bits per heavy atom. The minimum absolute atomic E-state index is 0.00790. The third-order valence-electron chi connectivity index (χ3n) is 6.01. The first-order valence-corrected chi connectivity index (χ1v) is 9.86. The van der Waals surface area contributed by atoms with Crippen molar-refractivity contribution in [2.45, 2.75) is 37.9 Å². The monoisotopic (exact) mass is 375 g/mol. The molecule has 0 aromatic heterocycles. The zero-order chi connectivity index (χ0) is 19.4. The first-order chi connectivity index (χ1) is 13.5. The van der Waals surface area contributed by atoms with Gasteiger partial charge in [-0.15, -0.1) is 0 Å². The van der Waals surface area contributed by atoms with E-state index < -0.39 is 12.4 Å². The van der Waals surface area contributed by atoms with Crippen LogP contribution in [-0.2, 0) is 4.74 Å². The maximum atomic E-state index is 10.8. The molecule has 5 rings (SSSR count). The zero-order valence-electron chi connectivity index (χ0n) is 16.4. The Balaban J connectivity index is 1.61. The van der Waals surface area contributed by atoms with Crippen molar-refractivity contribution in [3.63, 3.8) is 0 Å². The summed E-state index contributed by atoms with van der Waals surface area (Å²) in [4.78, 5) is 2.05. The van der Waals surface area contributed by atoms with Gasteiger partial charge in [0, 0.05) is 16.8 Å². The van der Waals surface area contributed by atoms with Gasteiger partial charge < -0.3 is 19.5 Å². The van der Waals surface area contributed by atoms with Crippen molar-refractivity contribution in [2.24, 2.45) is 0 Å². The Labute approximate surface area is 164 Å². The molecule has 0 radical (unpaired) electrons. The summed E-state index contributed by atoms with van der Waals surface area (Å²) in [6, 6.07) is 19.0. The van der Waals surface area contributed by atoms with E-state index in [0.29, 0.717) is 0 Å². The van der Waals surface area contributed by atoms with Gasteiger partial charge in [-0.25, -0.2) is 0 Å². The average Bonchev–Trinajstić information content (AvgIpc) is 2.69. The Morgan fingerprint density at radius 2 is 1.57 bits per heavy atom. The lowest BCUT2D eigenvalue weighted by Gasteiger charge is -2.41. The number of hydrogen-bond acceptors (Lipinski definition) is 4. The fourth-order valence-corrected chi connectivity index (χ4v) is 4.58. The van der Waals surface area contributed by atoms with E-state index in [1.54, 1.807) is 0 Å². The minimum Gasteiger partial charge on any atom is -0.461 e. The van der Waals surface area contributed by atoms with Crippen LogP contribution in [0, 0.1) is 0 Å². The first kappa shape index (κ1) is 17.7. The lowest BCUT2D eigenvalue weighted by molar-refractivity contribution is -0.217. The summed E-state index contributed by atoms with van der Waals surface area (Å²) in [5, 5.41) is 18.0. The van der Waals surface area contributed by atoms with Crippen LogP contribution in [0.15, 0.2) is 54.6 Å². The van der Waals surface area contributed by atoms with E-state index in [9.17, 15) is 5.11 Å². The molecule has 0 aliphatic carbocycles. The molecule has 4 heteroatoms. The highest BCUT2D eigenvalue weighted by Gasteiger charge is 2.39. The molecule has 1 N–H and O–H groups in total. The molecular weight excluding hydrogens is 350 g/mol. The summed E-state index contributed by atoms with van der Waals surface area (Å²) in [6.45, 7) is 2.03. The molecule has 0 bridgehead atoms. The van der Waals surface area contributed by atoms with Crippen LogP contribution in [0.3, 0.4) is 0 Å². The summed E-state index contributed by atoms with van der Waals surface area (Å²) >= 11 is 0. The lowest BCUT2D eigenvalue weighted by atomic mass is 9.94. The van der Waals surface area contributed by atoms with E-state index in [0.717, 1.165) is 17.6 Å². The average molecular weight is 375 g/mol. The van der Waals surface area contributed by atoms with Crippen LogP contribution in [0.25, 0.3) is 32.3 Å². The Kier molecular flexibility index (Phi) is 4.16. The normalized spacial score (nSPS) is 25.9. The van der Waals surface area contributed by atoms with Gasteiger partial charge in [-0.05, 0) is 61.1 Å². The molecule has 4 nitrogen and oxygen atoms in total. The maximum absolute atomic E-state index is 10.8. The Morgan fingerprint density at radius 3 is 2.29 bits per heavy atom. The van der Waals surface area contributed by atoms with Crippen LogP contribution in [0.5, 0.6) is 5.75 Å². The van der Waals surface area contributed by atoms with Crippen LogP contribution in [-0.4, -0.2) is 48.6 Å². The quantitative estimate of drug-likeness (QED) is 0.539. The van der Waals surface area contributed by atoms with E-state index >= 15 is 0 Å². The van der Waals surface area contributed by atoms with E-state index in [2.05, 4.69) is 48.5 Å². The molecule has 4 unspecified atom stereocenters. The van der Waals surface area contributed by atoms with Gasteiger partial charge in [-0.3, -0.25) is 0 Å². The van der Waals surface area contributed by atoms with Crippen molar-refractivity contribution >= 4 is 32.3 Å². The molecule has 1 aliphatic rings. The molecule has 4 atom stereocenters. The van der Waals surface area contributed by atoms with Crippen molar-refractivity contribution in [3.8, 4) is 5.75 Å². The fraction of sp³-hybridized carbons (Fsp3) is 0.333. The van der Waals surface area contributed by atoms with Gasteiger partial charge in [0.2, 0.25) is 6.29 Å². The first-order valence-electron chi connectivity index (χ1n) is 9.86. The standard InChI is InChI=1S/C24H25NO3/c1-14-13-19(25(2)3)23(26)24(27-14)28-20-12-10-17-8-7-15-5-4-6-16-9-11-18(20)22(17)21(15)16/h4-12,14,19,23-24,26H,13H2,1-3H3. The second-order valence-electron chi connectivity index (χ2n) is 8.11. The van der Waals surface area contributed by atoms with Gasteiger partial charge in [0.15, 0.2) is 0 Å². The van der Waals surface area contributed by atoms with Crippen LogP contribution in [0.4, 0.5) is 0 Å². The number of nitrogens with zero attached hydrogens (tertiary/aromatic N) is 1. The number of rotatable bonds is 3. The third-order valence-corrected chi connectivity index (χ3v) is 6.01. The molecule has 1 fully saturated rings. The van der Waals surface area contributed by atoms with Gasteiger partial charge >= 0.3 is 0 Å². The summed E-state index contributed by atoms with van der Waals surface area (Å²) in [7, 11) is 3.97. The van der Waals surface area contributed by atoms with Gasteiger partial charge in [0.1, 0.15) is 11.9 Å². The molecule has 0 spiro atoms. The van der Waals surface area contributed by atoms with Crippen molar-refractivity contribution < 1.29 is 14.6 Å². The van der Waals surface area contributed by atoms with Crippen LogP contribution in [0.2, 0.25) is 0 Å². The van der Waals surface area contributed by atoms with Crippen LogP contribution < -0.4 is 4.74 Å². The van der Waals surface area contributed by atoms with E-state index in [-0.39, 0.29) is 12.1 Å². The topological polar surface area (TPSA) is 41.9 Å². The molecule has 0 amide bonds.